The molecule has 1 heterocycles. The van der Waals surface area contributed by atoms with E-state index in [2.05, 4.69) is 20.0 Å². The van der Waals surface area contributed by atoms with Gasteiger partial charge in [-0.1, -0.05) is 35.9 Å². The Hall–Kier alpha value is -3.16. The molecule has 1 aromatic heterocycles. The second-order valence-corrected chi connectivity index (χ2v) is 8.58. The lowest BCUT2D eigenvalue weighted by atomic mass is 10.2. The number of nitrogens with one attached hydrogen (secondary N) is 2. The van der Waals surface area contributed by atoms with E-state index in [0.29, 0.717) is 27.6 Å². The van der Waals surface area contributed by atoms with Crippen molar-refractivity contribution < 1.29 is 8.42 Å². The minimum Gasteiger partial charge on any atom is -0.337 e. The SMILES string of the molecule is Cc1cccc(S(=O)(=O)Nc2nc3ccccc3nc2Nc2ccc(Cl)cc2)c1. The van der Waals surface area contributed by atoms with Gasteiger partial charge in [0.1, 0.15) is 0 Å². The molecule has 0 radical (unpaired) electrons. The lowest BCUT2D eigenvalue weighted by molar-refractivity contribution is 0.601. The molecule has 0 atom stereocenters. The number of hydrogen-bond acceptors (Lipinski definition) is 5. The maximum atomic E-state index is 12.9. The summed E-state index contributed by atoms with van der Waals surface area (Å²) < 4.78 is 28.4. The minimum absolute atomic E-state index is 0.111. The number of benzene rings is 3. The van der Waals surface area contributed by atoms with E-state index in [1.807, 2.05) is 31.2 Å². The van der Waals surface area contributed by atoms with Gasteiger partial charge in [-0.25, -0.2) is 18.4 Å². The van der Waals surface area contributed by atoms with Gasteiger partial charge in [-0.3, -0.25) is 4.72 Å². The Bertz CT molecular complexity index is 1290. The van der Waals surface area contributed by atoms with E-state index >= 15 is 0 Å². The monoisotopic (exact) mass is 424 g/mol. The summed E-state index contributed by atoms with van der Waals surface area (Å²) in [4.78, 5) is 9.19. The fourth-order valence-corrected chi connectivity index (χ4v) is 4.04. The van der Waals surface area contributed by atoms with Crippen molar-refractivity contribution in [2.75, 3.05) is 10.0 Å². The second-order valence-electron chi connectivity index (χ2n) is 6.46. The molecule has 0 aliphatic heterocycles. The molecule has 29 heavy (non-hydrogen) atoms. The average molecular weight is 425 g/mol. The fourth-order valence-electron chi connectivity index (χ4n) is 2.80. The number of para-hydroxylation sites is 2. The third-order valence-electron chi connectivity index (χ3n) is 4.21. The summed E-state index contributed by atoms with van der Waals surface area (Å²) >= 11 is 5.94. The normalized spacial score (nSPS) is 11.4. The molecular weight excluding hydrogens is 408 g/mol. The van der Waals surface area contributed by atoms with Crippen LogP contribution in [0.3, 0.4) is 0 Å². The zero-order chi connectivity index (χ0) is 20.4. The number of halogens is 1. The number of fused-ring (bicyclic) bond motifs is 1. The molecule has 0 fully saturated rings. The summed E-state index contributed by atoms with van der Waals surface area (Å²) in [7, 11) is -3.84. The predicted octanol–water partition coefficient (Wildman–Crippen LogP) is 5.14. The Balaban J connectivity index is 1.78. The lowest BCUT2D eigenvalue weighted by Gasteiger charge is -2.14. The molecule has 0 spiro atoms. The summed E-state index contributed by atoms with van der Waals surface area (Å²) in [5, 5.41) is 3.72. The van der Waals surface area contributed by atoms with Gasteiger partial charge >= 0.3 is 0 Å². The van der Waals surface area contributed by atoms with Crippen molar-refractivity contribution in [2.45, 2.75) is 11.8 Å². The van der Waals surface area contributed by atoms with Crippen molar-refractivity contribution in [2.24, 2.45) is 0 Å². The Morgan fingerprint density at radius 1 is 0.828 bits per heavy atom. The highest BCUT2D eigenvalue weighted by molar-refractivity contribution is 7.92. The fraction of sp³-hybridized carbons (Fsp3) is 0.0476. The van der Waals surface area contributed by atoms with Gasteiger partial charge < -0.3 is 5.32 Å². The number of anilines is 3. The Labute approximate surface area is 173 Å². The van der Waals surface area contributed by atoms with Crippen molar-refractivity contribution >= 4 is 50.0 Å². The van der Waals surface area contributed by atoms with E-state index < -0.39 is 10.0 Å². The van der Waals surface area contributed by atoms with Crippen molar-refractivity contribution in [3.05, 3.63) is 83.4 Å². The van der Waals surface area contributed by atoms with Crippen molar-refractivity contribution in [1.29, 1.82) is 0 Å². The molecule has 6 nitrogen and oxygen atoms in total. The number of sulfonamides is 1. The van der Waals surface area contributed by atoms with Gasteiger partial charge in [0, 0.05) is 10.7 Å². The van der Waals surface area contributed by atoms with Crippen LogP contribution < -0.4 is 10.0 Å². The van der Waals surface area contributed by atoms with Crippen LogP contribution in [0.5, 0.6) is 0 Å². The quantitative estimate of drug-likeness (QED) is 0.463. The van der Waals surface area contributed by atoms with Crippen LogP contribution in [0, 0.1) is 6.92 Å². The number of rotatable bonds is 5. The van der Waals surface area contributed by atoms with Crippen LogP contribution >= 0.6 is 11.6 Å². The topological polar surface area (TPSA) is 84.0 Å². The van der Waals surface area contributed by atoms with Crippen LogP contribution in [0.15, 0.2) is 77.7 Å². The largest absolute Gasteiger partial charge is 0.337 e. The standard InChI is InChI=1S/C21H17ClN4O2S/c1-14-5-4-6-17(13-14)29(27,28)26-21-20(23-16-11-9-15(22)10-12-16)24-18-7-2-3-8-19(18)25-21/h2-13H,1H3,(H,23,24)(H,25,26). The van der Waals surface area contributed by atoms with Crippen LogP contribution in [0.1, 0.15) is 5.56 Å². The van der Waals surface area contributed by atoms with Gasteiger partial charge in [-0.05, 0) is 61.0 Å². The molecule has 3 aromatic carbocycles. The molecule has 0 aliphatic rings. The van der Waals surface area contributed by atoms with Gasteiger partial charge in [0.05, 0.1) is 15.9 Å². The molecule has 4 aromatic rings. The maximum absolute atomic E-state index is 12.9. The molecule has 2 N–H and O–H groups in total. The summed E-state index contributed by atoms with van der Waals surface area (Å²) in [6, 6.07) is 20.9. The first kappa shape index (κ1) is 19.2. The summed E-state index contributed by atoms with van der Waals surface area (Å²) in [5.74, 6) is 0.405. The first-order chi connectivity index (χ1) is 13.9. The van der Waals surface area contributed by atoms with E-state index in [1.165, 1.54) is 6.07 Å². The number of aromatic nitrogens is 2. The average Bonchev–Trinajstić information content (AvgIpc) is 2.70. The van der Waals surface area contributed by atoms with E-state index in [0.717, 1.165) is 5.56 Å². The van der Waals surface area contributed by atoms with E-state index in [1.54, 1.807) is 42.5 Å². The van der Waals surface area contributed by atoms with Crippen LogP contribution in [-0.2, 0) is 10.0 Å². The summed E-state index contributed by atoms with van der Waals surface area (Å²) in [6.45, 7) is 1.84. The van der Waals surface area contributed by atoms with Crippen molar-refractivity contribution in [3.8, 4) is 0 Å². The van der Waals surface area contributed by atoms with Gasteiger partial charge in [0.25, 0.3) is 10.0 Å². The Morgan fingerprint density at radius 2 is 1.48 bits per heavy atom. The van der Waals surface area contributed by atoms with Crippen LogP contribution in [0.2, 0.25) is 5.02 Å². The third kappa shape index (κ3) is 4.31. The molecule has 4 rings (SSSR count). The first-order valence-electron chi connectivity index (χ1n) is 8.80. The van der Waals surface area contributed by atoms with Crippen molar-refractivity contribution in [1.82, 2.24) is 9.97 Å². The highest BCUT2D eigenvalue weighted by Gasteiger charge is 2.19. The molecule has 0 saturated heterocycles. The summed E-state index contributed by atoms with van der Waals surface area (Å²) in [5.41, 5.74) is 2.77. The Morgan fingerprint density at radius 3 is 2.14 bits per heavy atom. The smallest absolute Gasteiger partial charge is 0.263 e. The molecule has 146 valence electrons. The van der Waals surface area contributed by atoms with Gasteiger partial charge in [-0.15, -0.1) is 0 Å². The molecule has 8 heteroatoms. The van der Waals surface area contributed by atoms with E-state index in [-0.39, 0.29) is 10.7 Å². The lowest BCUT2D eigenvalue weighted by Crippen LogP contribution is -2.16. The number of aryl methyl sites for hydroxylation is 1. The van der Waals surface area contributed by atoms with E-state index in [4.69, 9.17) is 11.6 Å². The van der Waals surface area contributed by atoms with Crippen LogP contribution in [0.4, 0.5) is 17.3 Å². The highest BCUT2D eigenvalue weighted by Crippen LogP contribution is 2.27. The van der Waals surface area contributed by atoms with Crippen LogP contribution in [-0.4, -0.2) is 18.4 Å². The summed E-state index contributed by atoms with van der Waals surface area (Å²) in [6.07, 6.45) is 0. The molecule has 0 unspecified atom stereocenters. The minimum atomic E-state index is -3.84. The Kier molecular flexibility index (Phi) is 5.08. The molecule has 0 bridgehead atoms. The second kappa shape index (κ2) is 7.69. The zero-order valence-corrected chi connectivity index (χ0v) is 17.0. The van der Waals surface area contributed by atoms with E-state index in [9.17, 15) is 8.42 Å². The molecule has 0 aliphatic carbocycles. The molecule has 0 saturated carbocycles. The van der Waals surface area contributed by atoms with Crippen molar-refractivity contribution in [3.63, 3.8) is 0 Å². The number of nitrogens with zero attached hydrogens (tertiary/aromatic N) is 2. The van der Waals surface area contributed by atoms with Gasteiger partial charge in [-0.2, -0.15) is 0 Å². The van der Waals surface area contributed by atoms with Gasteiger partial charge in [0.15, 0.2) is 11.6 Å². The highest BCUT2D eigenvalue weighted by atomic mass is 35.5. The maximum Gasteiger partial charge on any atom is 0.263 e. The predicted molar refractivity (Wildman–Crippen MR) is 116 cm³/mol. The third-order valence-corrected chi connectivity index (χ3v) is 5.80. The number of hydrogen-bond donors (Lipinski definition) is 2. The molecule has 0 amide bonds. The van der Waals surface area contributed by atoms with Gasteiger partial charge in [0.2, 0.25) is 0 Å². The van der Waals surface area contributed by atoms with Crippen LogP contribution in [0.25, 0.3) is 11.0 Å². The zero-order valence-electron chi connectivity index (χ0n) is 15.4. The first-order valence-corrected chi connectivity index (χ1v) is 10.7. The molecular formula is C21H17ClN4O2S.